The topological polar surface area (TPSA) is 85.3 Å². The van der Waals surface area contributed by atoms with Gasteiger partial charge in [0.15, 0.2) is 5.82 Å². The van der Waals surface area contributed by atoms with E-state index in [1.165, 1.54) is 6.26 Å². The number of furan rings is 1. The highest BCUT2D eigenvalue weighted by Gasteiger charge is 2.14. The van der Waals surface area contributed by atoms with Crippen LogP contribution >= 0.6 is 0 Å². The number of carbonyl (C=O) groups excluding carboxylic acids is 1. The zero-order valence-electron chi connectivity index (χ0n) is 12.0. The zero-order chi connectivity index (χ0) is 15.0. The Hall–Kier alpha value is -2.70. The molecule has 1 N–H and O–H groups in total. The Balaban J connectivity index is 1.83. The van der Waals surface area contributed by atoms with Crippen LogP contribution in [0.25, 0.3) is 5.78 Å². The van der Waals surface area contributed by atoms with Gasteiger partial charge in [-0.25, -0.2) is 4.98 Å². The SMILES string of the molecule is Cc1cc(C)n2c(CNC(=O)c3ccoc3C)nnc2n1. The third-order valence-corrected chi connectivity index (χ3v) is 3.27. The minimum absolute atomic E-state index is 0.198. The van der Waals surface area contributed by atoms with E-state index >= 15 is 0 Å². The van der Waals surface area contributed by atoms with Gasteiger partial charge in [0.05, 0.1) is 18.4 Å². The second kappa shape index (κ2) is 5.01. The molecular weight excluding hydrogens is 270 g/mol. The maximum Gasteiger partial charge on any atom is 0.255 e. The Morgan fingerprint density at radius 3 is 2.86 bits per heavy atom. The number of hydrogen-bond acceptors (Lipinski definition) is 5. The minimum atomic E-state index is -0.198. The van der Waals surface area contributed by atoms with Gasteiger partial charge in [-0.05, 0) is 32.9 Å². The van der Waals surface area contributed by atoms with Crippen molar-refractivity contribution in [3.63, 3.8) is 0 Å². The Morgan fingerprint density at radius 2 is 2.14 bits per heavy atom. The molecule has 0 aromatic carbocycles. The molecule has 0 aliphatic rings. The van der Waals surface area contributed by atoms with Crippen molar-refractivity contribution in [1.29, 1.82) is 0 Å². The van der Waals surface area contributed by atoms with Crippen LogP contribution in [0.4, 0.5) is 0 Å². The van der Waals surface area contributed by atoms with E-state index in [1.54, 1.807) is 13.0 Å². The molecule has 0 aliphatic heterocycles. The van der Waals surface area contributed by atoms with Crippen molar-refractivity contribution >= 4 is 11.7 Å². The van der Waals surface area contributed by atoms with Crippen molar-refractivity contribution in [3.8, 4) is 0 Å². The van der Waals surface area contributed by atoms with Crippen LogP contribution in [0.1, 0.15) is 33.3 Å². The second-order valence-corrected chi connectivity index (χ2v) is 4.86. The number of hydrogen-bond donors (Lipinski definition) is 1. The van der Waals surface area contributed by atoms with Crippen LogP contribution < -0.4 is 5.32 Å². The van der Waals surface area contributed by atoms with Crippen LogP contribution in [0, 0.1) is 20.8 Å². The molecular formula is C14H15N5O2. The molecule has 3 heterocycles. The molecule has 7 nitrogen and oxygen atoms in total. The highest BCUT2D eigenvalue weighted by atomic mass is 16.3. The summed E-state index contributed by atoms with van der Waals surface area (Å²) in [5, 5.41) is 10.9. The molecule has 3 rings (SSSR count). The Labute approximate surface area is 121 Å². The van der Waals surface area contributed by atoms with E-state index < -0.39 is 0 Å². The lowest BCUT2D eigenvalue weighted by molar-refractivity contribution is 0.0948. The average Bonchev–Trinajstić information content (AvgIpc) is 3.02. The summed E-state index contributed by atoms with van der Waals surface area (Å²) in [5.74, 6) is 1.57. The van der Waals surface area contributed by atoms with Crippen molar-refractivity contribution in [2.45, 2.75) is 27.3 Å². The molecule has 0 bridgehead atoms. The van der Waals surface area contributed by atoms with Gasteiger partial charge in [0.1, 0.15) is 5.76 Å². The minimum Gasteiger partial charge on any atom is -0.469 e. The predicted molar refractivity (Wildman–Crippen MR) is 74.9 cm³/mol. The highest BCUT2D eigenvalue weighted by molar-refractivity contribution is 5.94. The molecule has 0 atom stereocenters. The van der Waals surface area contributed by atoms with Gasteiger partial charge in [-0.3, -0.25) is 9.20 Å². The maximum absolute atomic E-state index is 12.1. The summed E-state index contributed by atoms with van der Waals surface area (Å²) in [5.41, 5.74) is 2.39. The summed E-state index contributed by atoms with van der Waals surface area (Å²) in [6.45, 7) is 5.88. The monoisotopic (exact) mass is 285 g/mol. The molecule has 7 heteroatoms. The van der Waals surface area contributed by atoms with Crippen molar-refractivity contribution in [1.82, 2.24) is 24.9 Å². The van der Waals surface area contributed by atoms with Crippen LogP contribution in [-0.2, 0) is 6.54 Å². The number of carbonyl (C=O) groups is 1. The van der Waals surface area contributed by atoms with Crippen molar-refractivity contribution in [2.24, 2.45) is 0 Å². The maximum atomic E-state index is 12.1. The van der Waals surface area contributed by atoms with Gasteiger partial charge in [-0.15, -0.1) is 10.2 Å². The molecule has 108 valence electrons. The zero-order valence-corrected chi connectivity index (χ0v) is 12.0. The number of rotatable bonds is 3. The lowest BCUT2D eigenvalue weighted by atomic mass is 10.2. The molecule has 0 radical (unpaired) electrons. The lowest BCUT2D eigenvalue weighted by Gasteiger charge is -2.05. The normalized spacial score (nSPS) is 11.0. The first-order valence-corrected chi connectivity index (χ1v) is 6.57. The van der Waals surface area contributed by atoms with Gasteiger partial charge >= 0.3 is 0 Å². The summed E-state index contributed by atoms with van der Waals surface area (Å²) in [7, 11) is 0. The van der Waals surface area contributed by atoms with E-state index in [1.807, 2.05) is 24.3 Å². The standard InChI is InChI=1S/C14H15N5O2/c1-8-6-9(2)19-12(17-18-14(19)16-8)7-15-13(20)11-4-5-21-10(11)3/h4-6H,7H2,1-3H3,(H,15,20). The van der Waals surface area contributed by atoms with E-state index in [-0.39, 0.29) is 12.5 Å². The van der Waals surface area contributed by atoms with Crippen LogP contribution in [0.2, 0.25) is 0 Å². The van der Waals surface area contributed by atoms with Crippen molar-refractivity contribution in [2.75, 3.05) is 0 Å². The lowest BCUT2D eigenvalue weighted by Crippen LogP contribution is -2.24. The first-order valence-electron chi connectivity index (χ1n) is 6.57. The summed E-state index contributed by atoms with van der Waals surface area (Å²) in [4.78, 5) is 16.4. The van der Waals surface area contributed by atoms with Gasteiger partial charge in [0.25, 0.3) is 11.7 Å². The highest BCUT2D eigenvalue weighted by Crippen LogP contribution is 2.10. The van der Waals surface area contributed by atoms with Gasteiger partial charge in [-0.1, -0.05) is 0 Å². The van der Waals surface area contributed by atoms with E-state index in [0.29, 0.717) is 22.9 Å². The molecule has 21 heavy (non-hydrogen) atoms. The van der Waals surface area contributed by atoms with Gasteiger partial charge < -0.3 is 9.73 Å². The summed E-state index contributed by atoms with van der Waals surface area (Å²) in [6, 6.07) is 3.59. The first kappa shape index (κ1) is 13.3. The number of nitrogens with one attached hydrogen (secondary N) is 1. The summed E-state index contributed by atoms with van der Waals surface area (Å²) in [6.07, 6.45) is 1.49. The molecule has 0 saturated carbocycles. The van der Waals surface area contributed by atoms with Crippen LogP contribution in [0.3, 0.4) is 0 Å². The molecule has 0 aliphatic carbocycles. The van der Waals surface area contributed by atoms with E-state index in [2.05, 4.69) is 20.5 Å². The van der Waals surface area contributed by atoms with E-state index in [9.17, 15) is 4.79 Å². The van der Waals surface area contributed by atoms with Crippen LogP contribution in [-0.4, -0.2) is 25.5 Å². The Bertz CT molecular complexity index is 818. The third-order valence-electron chi connectivity index (χ3n) is 3.27. The Morgan fingerprint density at radius 1 is 1.33 bits per heavy atom. The van der Waals surface area contributed by atoms with Gasteiger partial charge in [-0.2, -0.15) is 0 Å². The molecule has 0 unspecified atom stereocenters. The van der Waals surface area contributed by atoms with Crippen LogP contribution in [0.5, 0.6) is 0 Å². The van der Waals surface area contributed by atoms with E-state index in [0.717, 1.165) is 11.4 Å². The van der Waals surface area contributed by atoms with Crippen molar-refractivity contribution in [3.05, 3.63) is 46.9 Å². The first-order chi connectivity index (χ1) is 10.1. The van der Waals surface area contributed by atoms with Crippen molar-refractivity contribution < 1.29 is 9.21 Å². The third kappa shape index (κ3) is 2.37. The molecule has 3 aromatic heterocycles. The summed E-state index contributed by atoms with van der Waals surface area (Å²) >= 11 is 0. The number of amides is 1. The number of fused-ring (bicyclic) bond motifs is 1. The van der Waals surface area contributed by atoms with Gasteiger partial charge in [0, 0.05) is 11.4 Å². The van der Waals surface area contributed by atoms with E-state index in [4.69, 9.17) is 4.42 Å². The molecule has 0 fully saturated rings. The largest absolute Gasteiger partial charge is 0.469 e. The molecule has 0 spiro atoms. The Kier molecular flexibility index (Phi) is 3.17. The molecule has 1 amide bonds. The number of aromatic nitrogens is 4. The second-order valence-electron chi connectivity index (χ2n) is 4.86. The quantitative estimate of drug-likeness (QED) is 0.789. The predicted octanol–water partition coefficient (Wildman–Crippen LogP) is 1.57. The number of aryl methyl sites for hydroxylation is 3. The van der Waals surface area contributed by atoms with Gasteiger partial charge in [0.2, 0.25) is 0 Å². The number of nitrogens with zero attached hydrogens (tertiary/aromatic N) is 4. The summed E-state index contributed by atoms with van der Waals surface area (Å²) < 4.78 is 6.95. The smallest absolute Gasteiger partial charge is 0.255 e. The molecule has 0 saturated heterocycles. The average molecular weight is 285 g/mol. The molecule has 3 aromatic rings. The fraction of sp³-hybridized carbons (Fsp3) is 0.286. The fourth-order valence-electron chi connectivity index (χ4n) is 2.29. The van der Waals surface area contributed by atoms with Crippen LogP contribution in [0.15, 0.2) is 22.8 Å². The fourth-order valence-corrected chi connectivity index (χ4v) is 2.29.